The van der Waals surface area contributed by atoms with Gasteiger partial charge in [-0.1, -0.05) is 67.1 Å². The van der Waals surface area contributed by atoms with Crippen molar-refractivity contribution in [3.63, 3.8) is 0 Å². The maximum absolute atomic E-state index is 12.6. The van der Waals surface area contributed by atoms with Gasteiger partial charge < -0.3 is 4.90 Å². The summed E-state index contributed by atoms with van der Waals surface area (Å²) in [4.78, 5) is 14.4. The third kappa shape index (κ3) is 3.97. The normalized spacial score (nSPS) is 18.1. The van der Waals surface area contributed by atoms with Gasteiger partial charge in [0.25, 0.3) is 0 Å². The highest BCUT2D eigenvalue weighted by atomic mass is 35.5. The summed E-state index contributed by atoms with van der Waals surface area (Å²) < 4.78 is 1.91. The lowest BCUT2D eigenvalue weighted by Gasteiger charge is -2.17. The second-order valence-corrected chi connectivity index (χ2v) is 8.08. The fraction of sp³-hybridized carbons (Fsp3) is 0.304. The van der Waals surface area contributed by atoms with Crippen LogP contribution in [0.5, 0.6) is 0 Å². The lowest BCUT2D eigenvalue weighted by molar-refractivity contribution is -0.132. The molecule has 3 aromatic rings. The molecule has 0 radical (unpaired) electrons. The third-order valence-corrected chi connectivity index (χ3v) is 5.75. The van der Waals surface area contributed by atoms with E-state index in [2.05, 4.69) is 19.1 Å². The summed E-state index contributed by atoms with van der Waals surface area (Å²) in [6, 6.07) is 17.9. The van der Waals surface area contributed by atoms with Crippen molar-refractivity contribution in [1.29, 1.82) is 0 Å². The zero-order chi connectivity index (χ0) is 19.7. The van der Waals surface area contributed by atoms with Gasteiger partial charge in [0.05, 0.1) is 12.2 Å². The van der Waals surface area contributed by atoms with Crippen LogP contribution in [-0.4, -0.2) is 27.6 Å². The largest absolute Gasteiger partial charge is 0.341 e. The molecule has 5 heteroatoms. The average molecular weight is 394 g/mol. The molecular weight excluding hydrogens is 370 g/mol. The number of amides is 1. The quantitative estimate of drug-likeness (QED) is 0.599. The van der Waals surface area contributed by atoms with Crippen molar-refractivity contribution >= 4 is 17.5 Å². The van der Waals surface area contributed by atoms with E-state index in [0.29, 0.717) is 19.0 Å². The molecule has 1 amide bonds. The van der Waals surface area contributed by atoms with Gasteiger partial charge in [0.1, 0.15) is 0 Å². The maximum atomic E-state index is 12.6. The molecule has 2 aromatic carbocycles. The van der Waals surface area contributed by atoms with Crippen LogP contribution < -0.4 is 0 Å². The topological polar surface area (TPSA) is 38.1 Å². The van der Waals surface area contributed by atoms with Gasteiger partial charge in [-0.15, -0.1) is 0 Å². The Hall–Kier alpha value is -2.59. The first-order chi connectivity index (χ1) is 13.5. The zero-order valence-electron chi connectivity index (χ0n) is 16.2. The molecule has 2 atom stereocenters. The number of aromatic nitrogens is 2. The fourth-order valence-corrected chi connectivity index (χ4v) is 3.78. The molecule has 1 heterocycles. The maximum Gasteiger partial charge on any atom is 0.226 e. The SMILES string of the molecule is CC1CC1C(=O)N(C)Cc1cn(Cc2ccccc2Cl)nc1-c1ccccc1. The van der Waals surface area contributed by atoms with Gasteiger partial charge >= 0.3 is 0 Å². The molecule has 4 rings (SSSR count). The number of nitrogens with zero attached hydrogens (tertiary/aromatic N) is 3. The second kappa shape index (κ2) is 7.80. The summed E-state index contributed by atoms with van der Waals surface area (Å²) in [5.41, 5.74) is 4.03. The number of halogens is 1. The molecule has 0 spiro atoms. The molecular formula is C23H24ClN3O. The smallest absolute Gasteiger partial charge is 0.226 e. The molecule has 1 aromatic heterocycles. The Labute approximate surface area is 170 Å². The molecule has 2 unspecified atom stereocenters. The molecule has 1 saturated carbocycles. The van der Waals surface area contributed by atoms with Crippen molar-refractivity contribution in [3.8, 4) is 11.3 Å². The van der Waals surface area contributed by atoms with E-state index in [0.717, 1.165) is 33.8 Å². The molecule has 28 heavy (non-hydrogen) atoms. The molecule has 0 bridgehead atoms. The Morgan fingerprint density at radius 3 is 2.50 bits per heavy atom. The number of carbonyl (C=O) groups excluding carboxylic acids is 1. The molecule has 0 aliphatic heterocycles. The minimum atomic E-state index is 0.184. The van der Waals surface area contributed by atoms with E-state index in [4.69, 9.17) is 16.7 Å². The molecule has 4 nitrogen and oxygen atoms in total. The fourth-order valence-electron chi connectivity index (χ4n) is 3.58. The number of rotatable bonds is 6. The highest BCUT2D eigenvalue weighted by Gasteiger charge is 2.40. The summed E-state index contributed by atoms with van der Waals surface area (Å²) in [5, 5.41) is 5.56. The Kier molecular flexibility index (Phi) is 5.23. The van der Waals surface area contributed by atoms with Crippen molar-refractivity contribution in [3.05, 3.63) is 76.9 Å². The van der Waals surface area contributed by atoms with Crippen molar-refractivity contribution < 1.29 is 4.79 Å². The van der Waals surface area contributed by atoms with Crippen LogP contribution in [0.3, 0.4) is 0 Å². The van der Waals surface area contributed by atoms with Crippen LogP contribution in [0.15, 0.2) is 60.8 Å². The molecule has 144 valence electrons. The first-order valence-electron chi connectivity index (χ1n) is 9.63. The predicted molar refractivity (Wildman–Crippen MR) is 112 cm³/mol. The minimum Gasteiger partial charge on any atom is -0.341 e. The van der Waals surface area contributed by atoms with Crippen LogP contribution in [-0.2, 0) is 17.9 Å². The minimum absolute atomic E-state index is 0.184. The summed E-state index contributed by atoms with van der Waals surface area (Å²) in [6.07, 6.45) is 3.03. The van der Waals surface area contributed by atoms with Crippen LogP contribution in [0.2, 0.25) is 5.02 Å². The van der Waals surface area contributed by atoms with Crippen LogP contribution in [0, 0.1) is 11.8 Å². The molecule has 0 N–H and O–H groups in total. The van der Waals surface area contributed by atoms with Crippen LogP contribution in [0.4, 0.5) is 0 Å². The zero-order valence-corrected chi connectivity index (χ0v) is 16.9. The van der Waals surface area contributed by atoms with Crippen molar-refractivity contribution in [2.75, 3.05) is 7.05 Å². The highest BCUT2D eigenvalue weighted by molar-refractivity contribution is 6.31. The number of hydrogen-bond acceptors (Lipinski definition) is 2. The van der Waals surface area contributed by atoms with E-state index in [1.165, 1.54) is 0 Å². The van der Waals surface area contributed by atoms with Gasteiger partial charge in [-0.2, -0.15) is 5.10 Å². The Bertz CT molecular complexity index is 983. The van der Waals surface area contributed by atoms with E-state index < -0.39 is 0 Å². The first kappa shape index (κ1) is 18.8. The lowest BCUT2D eigenvalue weighted by Crippen LogP contribution is -2.28. The van der Waals surface area contributed by atoms with Gasteiger partial charge in [-0.25, -0.2) is 0 Å². The molecule has 1 aliphatic carbocycles. The van der Waals surface area contributed by atoms with Crippen LogP contribution in [0.25, 0.3) is 11.3 Å². The van der Waals surface area contributed by atoms with Gasteiger partial charge in [-0.3, -0.25) is 9.48 Å². The molecule has 1 aliphatic rings. The molecule has 0 saturated heterocycles. The monoisotopic (exact) mass is 393 g/mol. The van der Waals surface area contributed by atoms with Crippen LogP contribution >= 0.6 is 11.6 Å². The summed E-state index contributed by atoms with van der Waals surface area (Å²) in [6.45, 7) is 3.28. The average Bonchev–Trinajstić information content (AvgIpc) is 3.30. The van der Waals surface area contributed by atoms with E-state index in [-0.39, 0.29) is 11.8 Å². The van der Waals surface area contributed by atoms with Gasteiger partial charge in [0.15, 0.2) is 0 Å². The standard InChI is InChI=1S/C23H24ClN3O/c1-16-12-20(16)23(28)26(2)13-19-15-27(14-18-10-6-7-11-21(18)24)25-22(19)17-8-4-3-5-9-17/h3-11,15-16,20H,12-14H2,1-2H3. The van der Waals surface area contributed by atoms with Gasteiger partial charge in [0, 0.05) is 41.9 Å². The Morgan fingerprint density at radius 2 is 1.82 bits per heavy atom. The van der Waals surface area contributed by atoms with E-state index in [1.54, 1.807) is 0 Å². The number of benzene rings is 2. The summed E-state index contributed by atoms with van der Waals surface area (Å²) in [7, 11) is 1.88. The van der Waals surface area contributed by atoms with Crippen molar-refractivity contribution in [2.24, 2.45) is 11.8 Å². The summed E-state index contributed by atoms with van der Waals surface area (Å²) in [5.74, 6) is 0.917. The van der Waals surface area contributed by atoms with E-state index in [9.17, 15) is 4.79 Å². The Balaban J connectivity index is 1.62. The highest BCUT2D eigenvalue weighted by Crippen LogP contribution is 2.39. The lowest BCUT2D eigenvalue weighted by atomic mass is 10.1. The van der Waals surface area contributed by atoms with Gasteiger partial charge in [0.2, 0.25) is 5.91 Å². The number of carbonyl (C=O) groups is 1. The van der Waals surface area contributed by atoms with Gasteiger partial charge in [-0.05, 0) is 24.0 Å². The second-order valence-electron chi connectivity index (χ2n) is 7.67. The predicted octanol–water partition coefficient (Wildman–Crippen LogP) is 4.87. The van der Waals surface area contributed by atoms with Crippen LogP contribution in [0.1, 0.15) is 24.5 Å². The van der Waals surface area contributed by atoms with Crippen molar-refractivity contribution in [1.82, 2.24) is 14.7 Å². The molecule has 1 fully saturated rings. The number of hydrogen-bond donors (Lipinski definition) is 0. The van der Waals surface area contributed by atoms with E-state index in [1.807, 2.05) is 65.3 Å². The first-order valence-corrected chi connectivity index (χ1v) is 10.0. The summed E-state index contributed by atoms with van der Waals surface area (Å²) >= 11 is 6.33. The third-order valence-electron chi connectivity index (χ3n) is 5.39. The van der Waals surface area contributed by atoms with Crippen molar-refractivity contribution in [2.45, 2.75) is 26.4 Å². The van der Waals surface area contributed by atoms with E-state index >= 15 is 0 Å². The Morgan fingerprint density at radius 1 is 1.14 bits per heavy atom.